The lowest BCUT2D eigenvalue weighted by Crippen LogP contribution is -2.37. The quantitative estimate of drug-likeness (QED) is 0.665. The zero-order chi connectivity index (χ0) is 19.2. The first-order valence-corrected chi connectivity index (χ1v) is 10.9. The molecule has 2 fully saturated rings. The van der Waals surface area contributed by atoms with Gasteiger partial charge in [0, 0.05) is 43.5 Å². The molecule has 0 radical (unpaired) electrons. The van der Waals surface area contributed by atoms with Crippen molar-refractivity contribution < 1.29 is 9.47 Å². The summed E-state index contributed by atoms with van der Waals surface area (Å²) in [6, 6.07) is 8.55. The van der Waals surface area contributed by atoms with E-state index in [2.05, 4.69) is 47.1 Å². The molecule has 5 heteroatoms. The van der Waals surface area contributed by atoms with Crippen molar-refractivity contribution in [1.29, 1.82) is 0 Å². The summed E-state index contributed by atoms with van der Waals surface area (Å²) in [6.07, 6.45) is 8.47. The van der Waals surface area contributed by atoms with Gasteiger partial charge in [-0.2, -0.15) is 0 Å². The molecule has 0 bridgehead atoms. The van der Waals surface area contributed by atoms with Crippen LogP contribution in [-0.2, 0) is 4.74 Å². The van der Waals surface area contributed by atoms with Gasteiger partial charge in [0.2, 0.25) is 0 Å². The first-order valence-electron chi connectivity index (χ1n) is 10.9. The third-order valence-corrected chi connectivity index (χ3v) is 6.00. The van der Waals surface area contributed by atoms with E-state index in [1.807, 2.05) is 0 Å². The molecule has 0 aromatic heterocycles. The number of ether oxygens (including phenoxy) is 2. The van der Waals surface area contributed by atoms with E-state index in [9.17, 15) is 0 Å². The topological polar surface area (TPSA) is 37.3 Å². The van der Waals surface area contributed by atoms with Gasteiger partial charge in [0.05, 0.1) is 19.8 Å². The number of amidine groups is 1. The zero-order valence-electron chi connectivity index (χ0n) is 17.1. The number of morpholine rings is 1. The number of allylic oxidation sites excluding steroid dienone is 1. The normalized spacial score (nSPS) is 21.5. The zero-order valence-corrected chi connectivity index (χ0v) is 17.1. The molecule has 0 unspecified atom stereocenters. The Morgan fingerprint density at radius 3 is 2.61 bits per heavy atom. The van der Waals surface area contributed by atoms with Crippen LogP contribution in [0, 0.1) is 5.92 Å². The number of benzene rings is 1. The predicted octanol–water partition coefficient (Wildman–Crippen LogP) is 4.10. The summed E-state index contributed by atoms with van der Waals surface area (Å²) in [7, 11) is 0. The fourth-order valence-electron chi connectivity index (χ4n) is 4.36. The molecule has 0 amide bonds. The van der Waals surface area contributed by atoms with Crippen LogP contribution in [0.2, 0.25) is 0 Å². The number of nitrogens with zero attached hydrogens (tertiary/aromatic N) is 3. The lowest BCUT2D eigenvalue weighted by molar-refractivity contribution is 0.0358. The molecular weight excluding hydrogens is 350 g/mol. The van der Waals surface area contributed by atoms with Crippen LogP contribution < -0.4 is 9.64 Å². The Morgan fingerprint density at radius 1 is 1.11 bits per heavy atom. The maximum absolute atomic E-state index is 5.96. The van der Waals surface area contributed by atoms with Crippen LogP contribution in [0.1, 0.15) is 39.0 Å². The van der Waals surface area contributed by atoms with Crippen molar-refractivity contribution in [2.75, 3.05) is 50.9 Å². The molecule has 3 aliphatic rings. The number of rotatable bonds is 7. The third kappa shape index (κ3) is 4.95. The van der Waals surface area contributed by atoms with Crippen molar-refractivity contribution in [2.24, 2.45) is 10.9 Å². The minimum atomic E-state index is 0.611. The molecule has 4 rings (SSSR count). The summed E-state index contributed by atoms with van der Waals surface area (Å²) >= 11 is 0. The Morgan fingerprint density at radius 2 is 1.86 bits per heavy atom. The number of hydrogen-bond acceptors (Lipinski definition) is 5. The van der Waals surface area contributed by atoms with Crippen molar-refractivity contribution in [3.05, 3.63) is 36.0 Å². The lowest BCUT2D eigenvalue weighted by atomic mass is 10.0. The number of anilines is 1. The van der Waals surface area contributed by atoms with Gasteiger partial charge >= 0.3 is 0 Å². The van der Waals surface area contributed by atoms with Gasteiger partial charge in [-0.15, -0.1) is 0 Å². The van der Waals surface area contributed by atoms with E-state index in [4.69, 9.17) is 14.5 Å². The highest BCUT2D eigenvalue weighted by Crippen LogP contribution is 2.32. The van der Waals surface area contributed by atoms with Gasteiger partial charge in [0.15, 0.2) is 0 Å². The summed E-state index contributed by atoms with van der Waals surface area (Å²) in [5.74, 6) is 2.82. The van der Waals surface area contributed by atoms with E-state index in [0.29, 0.717) is 5.92 Å². The highest BCUT2D eigenvalue weighted by Gasteiger charge is 2.27. The minimum Gasteiger partial charge on any atom is -0.494 e. The van der Waals surface area contributed by atoms with Crippen molar-refractivity contribution in [3.63, 3.8) is 0 Å². The molecule has 152 valence electrons. The molecule has 2 aliphatic heterocycles. The van der Waals surface area contributed by atoms with Crippen LogP contribution in [0.25, 0.3) is 0 Å². The fraction of sp³-hybridized carbons (Fsp3) is 0.609. The van der Waals surface area contributed by atoms with Gasteiger partial charge in [-0.3, -0.25) is 4.90 Å². The van der Waals surface area contributed by atoms with E-state index in [0.717, 1.165) is 63.9 Å². The molecule has 1 aromatic carbocycles. The second-order valence-electron chi connectivity index (χ2n) is 8.06. The van der Waals surface area contributed by atoms with Gasteiger partial charge in [0.1, 0.15) is 11.6 Å². The summed E-state index contributed by atoms with van der Waals surface area (Å²) in [5, 5.41) is 0. The van der Waals surface area contributed by atoms with Crippen molar-refractivity contribution in [1.82, 2.24) is 4.90 Å². The van der Waals surface area contributed by atoms with Crippen molar-refractivity contribution >= 4 is 11.5 Å². The minimum absolute atomic E-state index is 0.611. The second-order valence-corrected chi connectivity index (χ2v) is 8.06. The molecule has 1 aromatic rings. The number of hydrogen-bond donors (Lipinski definition) is 0. The van der Waals surface area contributed by atoms with Crippen LogP contribution in [0.5, 0.6) is 5.75 Å². The first-order chi connectivity index (χ1) is 13.8. The van der Waals surface area contributed by atoms with Gasteiger partial charge in [0.25, 0.3) is 0 Å². The first kappa shape index (κ1) is 19.5. The van der Waals surface area contributed by atoms with Gasteiger partial charge in [-0.1, -0.05) is 12.8 Å². The molecular formula is C23H33N3O2. The van der Waals surface area contributed by atoms with Crippen LogP contribution in [-0.4, -0.2) is 56.7 Å². The number of aliphatic imine (C=N–C) groups is 1. The summed E-state index contributed by atoms with van der Waals surface area (Å²) in [5.41, 5.74) is 2.37. The highest BCUT2D eigenvalue weighted by molar-refractivity contribution is 6.01. The molecule has 28 heavy (non-hydrogen) atoms. The molecule has 0 spiro atoms. The van der Waals surface area contributed by atoms with Crippen LogP contribution in [0.15, 0.2) is 41.0 Å². The molecule has 1 aliphatic carbocycles. The predicted molar refractivity (Wildman–Crippen MR) is 114 cm³/mol. The van der Waals surface area contributed by atoms with Gasteiger partial charge in [-0.25, -0.2) is 4.99 Å². The highest BCUT2D eigenvalue weighted by atomic mass is 16.5. The SMILES string of the molecule is CC1=CCN(c2ccc(OCCCN3CCOCC3)cc2)C(C2CCCC2)=N1. The van der Waals surface area contributed by atoms with E-state index >= 15 is 0 Å². The fourth-order valence-corrected chi connectivity index (χ4v) is 4.36. The Kier molecular flexibility index (Phi) is 6.65. The van der Waals surface area contributed by atoms with E-state index in [-0.39, 0.29) is 0 Å². The second kappa shape index (κ2) is 9.57. The average Bonchev–Trinajstić information content (AvgIpc) is 3.27. The van der Waals surface area contributed by atoms with Crippen molar-refractivity contribution in [3.8, 4) is 5.75 Å². The van der Waals surface area contributed by atoms with Crippen LogP contribution >= 0.6 is 0 Å². The Labute approximate surface area is 169 Å². The Bertz CT molecular complexity index is 686. The Hall–Kier alpha value is -1.85. The summed E-state index contributed by atoms with van der Waals surface area (Å²) in [4.78, 5) is 9.74. The smallest absolute Gasteiger partial charge is 0.119 e. The van der Waals surface area contributed by atoms with E-state index in [1.54, 1.807) is 0 Å². The molecule has 0 atom stereocenters. The summed E-state index contributed by atoms with van der Waals surface area (Å²) < 4.78 is 11.4. The molecule has 1 saturated carbocycles. The van der Waals surface area contributed by atoms with Gasteiger partial charge < -0.3 is 14.4 Å². The van der Waals surface area contributed by atoms with Crippen molar-refractivity contribution in [2.45, 2.75) is 39.0 Å². The average molecular weight is 384 g/mol. The maximum Gasteiger partial charge on any atom is 0.119 e. The monoisotopic (exact) mass is 383 g/mol. The van der Waals surface area contributed by atoms with Gasteiger partial charge in [-0.05, 0) is 56.5 Å². The van der Waals surface area contributed by atoms with E-state index in [1.165, 1.54) is 37.2 Å². The molecule has 1 saturated heterocycles. The maximum atomic E-state index is 5.96. The van der Waals surface area contributed by atoms with E-state index < -0.39 is 0 Å². The third-order valence-electron chi connectivity index (χ3n) is 6.00. The lowest BCUT2D eigenvalue weighted by Gasteiger charge is -2.31. The van der Waals surface area contributed by atoms with Crippen LogP contribution in [0.3, 0.4) is 0 Å². The van der Waals surface area contributed by atoms with Crippen LogP contribution in [0.4, 0.5) is 5.69 Å². The molecule has 2 heterocycles. The Balaban J connectivity index is 1.30. The largest absolute Gasteiger partial charge is 0.494 e. The molecule has 5 nitrogen and oxygen atoms in total. The molecule has 0 N–H and O–H groups in total. The standard InChI is InChI=1S/C23H33N3O2/c1-19-11-13-26(23(24-19)20-5-2-3-6-20)21-7-9-22(10-8-21)28-16-4-12-25-14-17-27-18-15-25/h7-11,20H,2-6,12-18H2,1H3. The summed E-state index contributed by atoms with van der Waals surface area (Å²) in [6.45, 7) is 8.69.